The number of hydrogen-bond acceptors (Lipinski definition) is 1. The average Bonchev–Trinajstić information content (AvgIpc) is 2.19. The van der Waals surface area contributed by atoms with Crippen LogP contribution in [0.1, 0.15) is 19.4 Å². The molecule has 2 N–H and O–H groups in total. The van der Waals surface area contributed by atoms with E-state index in [4.69, 9.17) is 5.73 Å². The van der Waals surface area contributed by atoms with Crippen LogP contribution in [0.2, 0.25) is 0 Å². The molecule has 0 heterocycles. The summed E-state index contributed by atoms with van der Waals surface area (Å²) in [7, 11) is 0. The van der Waals surface area contributed by atoms with Crippen LogP contribution in [-0.4, -0.2) is 12.4 Å². The summed E-state index contributed by atoms with van der Waals surface area (Å²) in [5.41, 5.74) is 7.04. The summed E-state index contributed by atoms with van der Waals surface area (Å²) in [4.78, 5) is 4.31. The monoisotopic (exact) mass is 190 g/mol. The first-order valence-corrected chi connectivity index (χ1v) is 5.04. The fourth-order valence-electron chi connectivity index (χ4n) is 1.14. The van der Waals surface area contributed by atoms with Crippen molar-refractivity contribution >= 4 is 5.84 Å². The van der Waals surface area contributed by atoms with Crippen LogP contribution in [0.5, 0.6) is 0 Å². The Labute approximate surface area is 85.9 Å². The Morgan fingerprint density at radius 1 is 1.29 bits per heavy atom. The van der Waals surface area contributed by atoms with Crippen LogP contribution in [0.4, 0.5) is 0 Å². The molecule has 0 saturated carbocycles. The van der Waals surface area contributed by atoms with E-state index >= 15 is 0 Å². The Bertz CT molecular complexity index is 288. The minimum Gasteiger partial charge on any atom is -0.387 e. The molecule has 2 heteroatoms. The SMILES string of the molecule is CC(C)C(N)=NCCc1ccccc1. The van der Waals surface area contributed by atoms with E-state index in [1.807, 2.05) is 18.2 Å². The zero-order valence-corrected chi connectivity index (χ0v) is 8.90. The van der Waals surface area contributed by atoms with Crippen LogP contribution in [0, 0.1) is 5.92 Å². The molecule has 0 spiro atoms. The highest BCUT2D eigenvalue weighted by Crippen LogP contribution is 2.00. The second-order valence-electron chi connectivity index (χ2n) is 3.70. The summed E-state index contributed by atoms with van der Waals surface area (Å²) in [6.45, 7) is 4.90. The summed E-state index contributed by atoms with van der Waals surface area (Å²) in [5.74, 6) is 1.10. The van der Waals surface area contributed by atoms with E-state index in [0.717, 1.165) is 18.8 Å². The maximum Gasteiger partial charge on any atom is 0.0962 e. The van der Waals surface area contributed by atoms with Crippen LogP contribution in [0.15, 0.2) is 35.3 Å². The third-order valence-corrected chi connectivity index (χ3v) is 2.13. The molecule has 0 fully saturated rings. The highest BCUT2D eigenvalue weighted by molar-refractivity contribution is 5.82. The van der Waals surface area contributed by atoms with Gasteiger partial charge in [-0.15, -0.1) is 0 Å². The van der Waals surface area contributed by atoms with Gasteiger partial charge in [-0.2, -0.15) is 0 Å². The number of nitrogens with two attached hydrogens (primary N) is 1. The van der Waals surface area contributed by atoms with Crippen molar-refractivity contribution in [2.75, 3.05) is 6.54 Å². The van der Waals surface area contributed by atoms with E-state index < -0.39 is 0 Å². The summed E-state index contributed by atoms with van der Waals surface area (Å²) >= 11 is 0. The Kier molecular flexibility index (Phi) is 4.17. The molecule has 0 atom stereocenters. The Balaban J connectivity index is 2.39. The molecule has 0 aliphatic rings. The maximum absolute atomic E-state index is 5.73. The highest BCUT2D eigenvalue weighted by atomic mass is 14.8. The second kappa shape index (κ2) is 5.43. The number of hydrogen-bond donors (Lipinski definition) is 1. The van der Waals surface area contributed by atoms with Gasteiger partial charge in [-0.1, -0.05) is 44.2 Å². The topological polar surface area (TPSA) is 38.4 Å². The summed E-state index contributed by atoms with van der Waals surface area (Å²) < 4.78 is 0. The number of benzene rings is 1. The van der Waals surface area contributed by atoms with Crippen molar-refractivity contribution < 1.29 is 0 Å². The number of nitrogens with zero attached hydrogens (tertiary/aromatic N) is 1. The minimum absolute atomic E-state index is 0.353. The lowest BCUT2D eigenvalue weighted by Crippen LogP contribution is -2.19. The molecule has 0 aliphatic heterocycles. The predicted octanol–water partition coefficient (Wildman–Crippen LogP) is 2.24. The molecule has 0 saturated heterocycles. The number of amidine groups is 1. The molecular weight excluding hydrogens is 172 g/mol. The van der Waals surface area contributed by atoms with Crippen LogP contribution in [0.3, 0.4) is 0 Å². The Morgan fingerprint density at radius 2 is 1.93 bits per heavy atom. The molecule has 1 rings (SSSR count). The van der Waals surface area contributed by atoms with Gasteiger partial charge in [0.2, 0.25) is 0 Å². The molecule has 0 unspecified atom stereocenters. The Hall–Kier alpha value is -1.31. The van der Waals surface area contributed by atoms with Gasteiger partial charge in [-0.05, 0) is 12.0 Å². The largest absolute Gasteiger partial charge is 0.387 e. The lowest BCUT2D eigenvalue weighted by atomic mass is 10.1. The molecule has 14 heavy (non-hydrogen) atoms. The van der Waals surface area contributed by atoms with Crippen molar-refractivity contribution in [3.8, 4) is 0 Å². The van der Waals surface area contributed by atoms with Gasteiger partial charge in [-0.25, -0.2) is 0 Å². The molecule has 0 aromatic heterocycles. The van der Waals surface area contributed by atoms with Crippen molar-refractivity contribution in [3.63, 3.8) is 0 Å². The standard InChI is InChI=1S/C12H18N2/c1-10(2)12(13)14-9-8-11-6-4-3-5-7-11/h3-7,10H,8-9H2,1-2H3,(H2,13,14). The summed E-state index contributed by atoms with van der Waals surface area (Å²) in [6.07, 6.45) is 0.967. The van der Waals surface area contributed by atoms with Crippen LogP contribution in [-0.2, 0) is 6.42 Å². The normalized spacial score (nSPS) is 12.1. The van der Waals surface area contributed by atoms with Gasteiger partial charge < -0.3 is 5.73 Å². The number of rotatable bonds is 4. The molecule has 0 bridgehead atoms. The van der Waals surface area contributed by atoms with Crippen molar-refractivity contribution in [2.24, 2.45) is 16.6 Å². The third-order valence-electron chi connectivity index (χ3n) is 2.13. The lowest BCUT2D eigenvalue weighted by Gasteiger charge is -2.03. The van der Waals surface area contributed by atoms with Gasteiger partial charge >= 0.3 is 0 Å². The first-order chi connectivity index (χ1) is 6.70. The smallest absolute Gasteiger partial charge is 0.0962 e. The van der Waals surface area contributed by atoms with Crippen LogP contribution >= 0.6 is 0 Å². The van der Waals surface area contributed by atoms with Crippen LogP contribution < -0.4 is 5.73 Å². The van der Waals surface area contributed by atoms with Gasteiger partial charge in [-0.3, -0.25) is 4.99 Å². The zero-order chi connectivity index (χ0) is 10.4. The fraction of sp³-hybridized carbons (Fsp3) is 0.417. The van der Waals surface area contributed by atoms with Crippen molar-refractivity contribution in [1.82, 2.24) is 0 Å². The molecule has 1 aromatic rings. The molecule has 76 valence electrons. The Morgan fingerprint density at radius 3 is 2.50 bits per heavy atom. The van der Waals surface area contributed by atoms with Crippen molar-refractivity contribution in [3.05, 3.63) is 35.9 Å². The number of aliphatic imine (C=N–C) groups is 1. The van der Waals surface area contributed by atoms with E-state index in [-0.39, 0.29) is 0 Å². The van der Waals surface area contributed by atoms with Crippen molar-refractivity contribution in [1.29, 1.82) is 0 Å². The third kappa shape index (κ3) is 3.60. The van der Waals surface area contributed by atoms with E-state index in [2.05, 4.69) is 31.0 Å². The maximum atomic E-state index is 5.73. The van der Waals surface area contributed by atoms with Gasteiger partial charge in [0.15, 0.2) is 0 Å². The quantitative estimate of drug-likeness (QED) is 0.574. The first-order valence-electron chi connectivity index (χ1n) is 5.04. The van der Waals surface area contributed by atoms with Gasteiger partial charge in [0.05, 0.1) is 5.84 Å². The fourth-order valence-corrected chi connectivity index (χ4v) is 1.14. The summed E-state index contributed by atoms with van der Waals surface area (Å²) in [6, 6.07) is 10.3. The van der Waals surface area contributed by atoms with Crippen molar-refractivity contribution in [2.45, 2.75) is 20.3 Å². The summed E-state index contributed by atoms with van der Waals surface area (Å²) in [5, 5.41) is 0. The molecule has 2 nitrogen and oxygen atoms in total. The molecule has 1 aromatic carbocycles. The van der Waals surface area contributed by atoms with E-state index in [1.54, 1.807) is 0 Å². The molecular formula is C12H18N2. The van der Waals surface area contributed by atoms with Gasteiger partial charge in [0.25, 0.3) is 0 Å². The zero-order valence-electron chi connectivity index (χ0n) is 8.90. The molecule has 0 radical (unpaired) electrons. The van der Waals surface area contributed by atoms with E-state index in [9.17, 15) is 0 Å². The molecule has 0 amide bonds. The lowest BCUT2D eigenvalue weighted by molar-refractivity contribution is 0.848. The first kappa shape index (κ1) is 10.8. The van der Waals surface area contributed by atoms with Gasteiger partial charge in [0.1, 0.15) is 0 Å². The second-order valence-corrected chi connectivity index (χ2v) is 3.70. The van der Waals surface area contributed by atoms with E-state index in [1.165, 1.54) is 5.56 Å². The minimum atomic E-state index is 0.353. The highest BCUT2D eigenvalue weighted by Gasteiger charge is 1.97. The van der Waals surface area contributed by atoms with E-state index in [0.29, 0.717) is 5.92 Å². The predicted molar refractivity (Wildman–Crippen MR) is 61.5 cm³/mol. The van der Waals surface area contributed by atoms with Gasteiger partial charge in [0, 0.05) is 12.5 Å². The average molecular weight is 190 g/mol. The molecule has 0 aliphatic carbocycles. The van der Waals surface area contributed by atoms with Crippen LogP contribution in [0.25, 0.3) is 0 Å².